The number of primary amides is 1. The minimum atomic E-state index is -0.555. The number of nitrogens with two attached hydrogens (primary N) is 1. The second-order valence-corrected chi connectivity index (χ2v) is 5.30. The van der Waals surface area contributed by atoms with E-state index in [0.717, 1.165) is 13.0 Å². The van der Waals surface area contributed by atoms with Gasteiger partial charge in [0.25, 0.3) is 5.91 Å². The molecule has 0 saturated carbocycles. The molecule has 1 amide bonds. The molecule has 104 valence electrons. The fourth-order valence-corrected chi connectivity index (χ4v) is 3.01. The first kappa shape index (κ1) is 13.8. The third-order valence-corrected chi connectivity index (χ3v) is 4.28. The van der Waals surface area contributed by atoms with Crippen molar-refractivity contribution in [3.05, 3.63) is 16.0 Å². The summed E-state index contributed by atoms with van der Waals surface area (Å²) >= 11 is 1.18. The van der Waals surface area contributed by atoms with Crippen LogP contribution >= 0.6 is 11.3 Å². The number of thiophene rings is 1. The lowest BCUT2D eigenvalue weighted by molar-refractivity contribution is -0.0410. The molecule has 19 heavy (non-hydrogen) atoms. The van der Waals surface area contributed by atoms with E-state index in [-0.39, 0.29) is 6.10 Å². The van der Waals surface area contributed by atoms with E-state index in [1.807, 2.05) is 0 Å². The maximum Gasteiger partial charge on any atom is 0.348 e. The van der Waals surface area contributed by atoms with Gasteiger partial charge in [-0.1, -0.05) is 0 Å². The zero-order chi connectivity index (χ0) is 14.0. The second kappa shape index (κ2) is 5.58. The van der Waals surface area contributed by atoms with Crippen molar-refractivity contribution in [1.29, 1.82) is 0 Å². The van der Waals surface area contributed by atoms with E-state index < -0.39 is 11.9 Å². The highest BCUT2D eigenvalue weighted by atomic mass is 32.1. The number of rotatable bonds is 5. The predicted molar refractivity (Wildman–Crippen MR) is 71.8 cm³/mol. The molecular weight excluding hydrogens is 268 g/mol. The Balaban J connectivity index is 2.24. The molecule has 1 atom stereocenters. The summed E-state index contributed by atoms with van der Waals surface area (Å²) in [5, 5.41) is 3.72. The van der Waals surface area contributed by atoms with Gasteiger partial charge in [-0.25, -0.2) is 4.79 Å². The topological polar surface area (TPSA) is 90.7 Å². The molecule has 1 aliphatic rings. The molecule has 1 aliphatic heterocycles. The Morgan fingerprint density at radius 2 is 2.26 bits per heavy atom. The van der Waals surface area contributed by atoms with Crippen LogP contribution in [0.3, 0.4) is 0 Å². The molecule has 0 aliphatic carbocycles. The minimum absolute atomic E-state index is 0.157. The van der Waals surface area contributed by atoms with Gasteiger partial charge in [0.15, 0.2) is 0 Å². The Morgan fingerprint density at radius 1 is 1.58 bits per heavy atom. The number of esters is 1. The SMILES string of the molecule is COC(=O)c1sc(NCC2CCO2)c(C(N)=O)c1C. The maximum atomic E-state index is 11.6. The average Bonchev–Trinajstić information content (AvgIpc) is 2.63. The van der Waals surface area contributed by atoms with Gasteiger partial charge in [-0.2, -0.15) is 0 Å². The van der Waals surface area contributed by atoms with Crippen molar-refractivity contribution in [3.8, 4) is 0 Å². The molecule has 0 spiro atoms. The first-order chi connectivity index (χ1) is 9.04. The van der Waals surface area contributed by atoms with E-state index in [0.29, 0.717) is 27.5 Å². The van der Waals surface area contributed by atoms with Crippen molar-refractivity contribution in [3.63, 3.8) is 0 Å². The fraction of sp³-hybridized carbons (Fsp3) is 0.500. The molecular formula is C12H16N2O4S. The van der Waals surface area contributed by atoms with Crippen LogP contribution in [-0.2, 0) is 9.47 Å². The molecule has 1 aromatic heterocycles. The highest BCUT2D eigenvalue weighted by molar-refractivity contribution is 7.18. The quantitative estimate of drug-likeness (QED) is 0.791. The molecule has 1 fully saturated rings. The summed E-state index contributed by atoms with van der Waals surface area (Å²) in [6, 6.07) is 0. The lowest BCUT2D eigenvalue weighted by atomic mass is 10.1. The zero-order valence-electron chi connectivity index (χ0n) is 10.8. The van der Waals surface area contributed by atoms with Crippen molar-refractivity contribution in [2.45, 2.75) is 19.4 Å². The molecule has 3 N–H and O–H groups in total. The third-order valence-electron chi connectivity index (χ3n) is 3.05. The van der Waals surface area contributed by atoms with E-state index in [9.17, 15) is 9.59 Å². The van der Waals surface area contributed by atoms with Gasteiger partial charge in [0.2, 0.25) is 0 Å². The Kier molecular flexibility index (Phi) is 4.06. The smallest absolute Gasteiger partial charge is 0.348 e. The van der Waals surface area contributed by atoms with Gasteiger partial charge in [-0.05, 0) is 18.9 Å². The van der Waals surface area contributed by atoms with Crippen molar-refractivity contribution in [2.24, 2.45) is 5.73 Å². The average molecular weight is 284 g/mol. The summed E-state index contributed by atoms with van der Waals surface area (Å²) < 4.78 is 9.98. The molecule has 0 radical (unpaired) electrons. The second-order valence-electron chi connectivity index (χ2n) is 4.28. The van der Waals surface area contributed by atoms with Crippen molar-refractivity contribution < 1.29 is 19.1 Å². The highest BCUT2D eigenvalue weighted by Gasteiger charge is 2.25. The van der Waals surface area contributed by atoms with Crippen LogP contribution in [0.25, 0.3) is 0 Å². The molecule has 0 aromatic carbocycles. The molecule has 6 nitrogen and oxygen atoms in total. The van der Waals surface area contributed by atoms with Crippen molar-refractivity contribution >= 4 is 28.2 Å². The molecule has 1 saturated heterocycles. The van der Waals surface area contributed by atoms with Crippen LogP contribution < -0.4 is 11.1 Å². The standard InChI is InChI=1S/C12H16N2O4S/c1-6-8(10(13)15)11(14-5-7-3-4-18-7)19-9(6)12(16)17-2/h7,14H,3-5H2,1-2H3,(H2,13,15). The summed E-state index contributed by atoms with van der Waals surface area (Å²) in [6.07, 6.45) is 1.15. The number of anilines is 1. The lowest BCUT2D eigenvalue weighted by Crippen LogP contribution is -2.33. The number of carbonyl (C=O) groups is 2. The van der Waals surface area contributed by atoms with Crippen molar-refractivity contribution in [2.75, 3.05) is 25.6 Å². The maximum absolute atomic E-state index is 11.6. The first-order valence-electron chi connectivity index (χ1n) is 5.91. The van der Waals surface area contributed by atoms with Crippen LogP contribution in [-0.4, -0.2) is 38.2 Å². The predicted octanol–water partition coefficient (Wildman–Crippen LogP) is 1.14. The van der Waals surface area contributed by atoms with E-state index in [4.69, 9.17) is 10.5 Å². The van der Waals surface area contributed by atoms with E-state index >= 15 is 0 Å². The lowest BCUT2D eigenvalue weighted by Gasteiger charge is -2.26. The van der Waals surface area contributed by atoms with Gasteiger partial charge in [-0.3, -0.25) is 4.79 Å². The van der Waals surface area contributed by atoms with Crippen LogP contribution in [0.2, 0.25) is 0 Å². The van der Waals surface area contributed by atoms with Gasteiger partial charge in [0, 0.05) is 13.2 Å². The van der Waals surface area contributed by atoms with Crippen LogP contribution in [0.1, 0.15) is 32.0 Å². The Labute approximate surface area is 114 Å². The summed E-state index contributed by atoms with van der Waals surface area (Å²) in [6.45, 7) is 3.06. The summed E-state index contributed by atoms with van der Waals surface area (Å²) in [5.41, 5.74) is 6.28. The van der Waals surface area contributed by atoms with Gasteiger partial charge in [0.05, 0.1) is 18.8 Å². The molecule has 1 aromatic rings. The molecule has 1 unspecified atom stereocenters. The van der Waals surface area contributed by atoms with E-state index in [2.05, 4.69) is 10.1 Å². The van der Waals surface area contributed by atoms with E-state index in [1.54, 1.807) is 6.92 Å². The number of carbonyl (C=O) groups excluding carboxylic acids is 2. The molecule has 2 rings (SSSR count). The van der Waals surface area contributed by atoms with Gasteiger partial charge >= 0.3 is 5.97 Å². The Bertz CT molecular complexity index is 508. The summed E-state index contributed by atoms with van der Waals surface area (Å²) in [4.78, 5) is 23.5. The monoisotopic (exact) mass is 284 g/mol. The number of hydrogen-bond donors (Lipinski definition) is 2. The molecule has 2 heterocycles. The number of hydrogen-bond acceptors (Lipinski definition) is 6. The van der Waals surface area contributed by atoms with Crippen LogP contribution in [0.5, 0.6) is 0 Å². The molecule has 7 heteroatoms. The molecule has 0 bridgehead atoms. The van der Waals surface area contributed by atoms with E-state index in [1.165, 1.54) is 18.4 Å². The van der Waals surface area contributed by atoms with Gasteiger partial charge in [-0.15, -0.1) is 11.3 Å². The third kappa shape index (κ3) is 2.71. The van der Waals surface area contributed by atoms with Gasteiger partial charge in [0.1, 0.15) is 9.88 Å². The van der Waals surface area contributed by atoms with Gasteiger partial charge < -0.3 is 20.5 Å². The number of ether oxygens (including phenoxy) is 2. The van der Waals surface area contributed by atoms with Crippen LogP contribution in [0.4, 0.5) is 5.00 Å². The first-order valence-corrected chi connectivity index (χ1v) is 6.73. The number of nitrogens with one attached hydrogen (secondary N) is 1. The largest absolute Gasteiger partial charge is 0.465 e. The van der Waals surface area contributed by atoms with Crippen LogP contribution in [0, 0.1) is 6.92 Å². The minimum Gasteiger partial charge on any atom is -0.465 e. The normalized spacial score (nSPS) is 17.7. The van der Waals surface area contributed by atoms with Crippen LogP contribution in [0.15, 0.2) is 0 Å². The van der Waals surface area contributed by atoms with Crippen molar-refractivity contribution in [1.82, 2.24) is 0 Å². The summed E-state index contributed by atoms with van der Waals surface area (Å²) in [5.74, 6) is -1.01. The number of methoxy groups -OCH3 is 1. The zero-order valence-corrected chi connectivity index (χ0v) is 11.6. The summed E-state index contributed by atoms with van der Waals surface area (Å²) in [7, 11) is 1.31. The Hall–Kier alpha value is -1.60. The fourth-order valence-electron chi connectivity index (χ4n) is 1.87. The highest BCUT2D eigenvalue weighted by Crippen LogP contribution is 2.33. The Morgan fingerprint density at radius 3 is 2.74 bits per heavy atom. The number of amides is 1.